The van der Waals surface area contributed by atoms with Crippen molar-refractivity contribution in [3.05, 3.63) is 35.4 Å². The lowest BCUT2D eigenvalue weighted by molar-refractivity contribution is -0.151. The summed E-state index contributed by atoms with van der Waals surface area (Å²) in [7, 11) is 0. The van der Waals surface area contributed by atoms with Crippen LogP contribution in [0.4, 0.5) is 0 Å². The summed E-state index contributed by atoms with van der Waals surface area (Å²) in [6.45, 7) is 4.72. The number of fused-ring (bicyclic) bond motifs is 3. The van der Waals surface area contributed by atoms with Crippen molar-refractivity contribution in [1.29, 1.82) is 0 Å². The molecule has 8 nitrogen and oxygen atoms in total. The lowest BCUT2D eigenvalue weighted by atomic mass is 9.96. The molecule has 0 bridgehead atoms. The monoisotopic (exact) mass is 445 g/mol. The topological polar surface area (TPSA) is 96.0 Å². The number of esters is 1. The summed E-state index contributed by atoms with van der Waals surface area (Å²) >= 11 is 1.57. The van der Waals surface area contributed by atoms with Crippen molar-refractivity contribution in [3.63, 3.8) is 0 Å². The number of ether oxygens (including phenoxy) is 1. The lowest BCUT2D eigenvalue weighted by Gasteiger charge is -2.33. The van der Waals surface area contributed by atoms with Crippen LogP contribution in [0.15, 0.2) is 24.3 Å². The van der Waals surface area contributed by atoms with Gasteiger partial charge in [0.15, 0.2) is 0 Å². The highest BCUT2D eigenvalue weighted by Crippen LogP contribution is 2.48. The molecule has 2 saturated heterocycles. The summed E-state index contributed by atoms with van der Waals surface area (Å²) < 4.78 is 5.07. The Morgan fingerprint density at radius 3 is 2.65 bits per heavy atom. The van der Waals surface area contributed by atoms with Crippen molar-refractivity contribution in [3.8, 4) is 0 Å². The maximum absolute atomic E-state index is 12.9. The highest BCUT2D eigenvalue weighted by Gasteiger charge is 2.48. The zero-order chi connectivity index (χ0) is 22.1. The molecule has 9 heteroatoms. The van der Waals surface area contributed by atoms with E-state index in [1.807, 2.05) is 18.2 Å². The number of likely N-dealkylation sites (tertiary alicyclic amines) is 1. The van der Waals surface area contributed by atoms with E-state index >= 15 is 0 Å². The minimum absolute atomic E-state index is 0.134. The Morgan fingerprint density at radius 2 is 1.94 bits per heavy atom. The Morgan fingerprint density at radius 1 is 1.23 bits per heavy atom. The van der Waals surface area contributed by atoms with Crippen LogP contribution in [0.2, 0.25) is 0 Å². The molecular weight excluding hydrogens is 418 g/mol. The van der Waals surface area contributed by atoms with Gasteiger partial charge in [0.1, 0.15) is 17.5 Å². The van der Waals surface area contributed by atoms with Crippen LogP contribution in [0.1, 0.15) is 48.0 Å². The van der Waals surface area contributed by atoms with E-state index in [0.717, 1.165) is 5.56 Å². The molecule has 3 aliphatic rings. The highest BCUT2D eigenvalue weighted by molar-refractivity contribution is 7.99. The third kappa shape index (κ3) is 4.03. The number of hydrogen-bond donors (Lipinski definition) is 1. The number of piperidine rings is 1. The van der Waals surface area contributed by atoms with Crippen molar-refractivity contribution in [2.24, 2.45) is 5.92 Å². The van der Waals surface area contributed by atoms with Crippen molar-refractivity contribution in [2.75, 3.05) is 25.4 Å². The molecule has 1 aromatic rings. The molecule has 31 heavy (non-hydrogen) atoms. The minimum atomic E-state index is -0.698. The molecule has 4 rings (SSSR count). The van der Waals surface area contributed by atoms with Crippen LogP contribution in [0.3, 0.4) is 0 Å². The molecule has 0 spiro atoms. The fourth-order valence-corrected chi connectivity index (χ4v) is 5.95. The first-order chi connectivity index (χ1) is 14.9. The number of nitrogens with zero attached hydrogens (tertiary/aromatic N) is 2. The zero-order valence-corrected chi connectivity index (χ0v) is 18.5. The molecule has 1 N–H and O–H groups in total. The minimum Gasteiger partial charge on any atom is -0.466 e. The van der Waals surface area contributed by atoms with Gasteiger partial charge in [0.05, 0.1) is 12.5 Å². The quantitative estimate of drug-likeness (QED) is 0.691. The molecule has 0 saturated carbocycles. The fraction of sp³-hybridized carbons (Fsp3) is 0.545. The molecule has 3 aliphatic heterocycles. The molecule has 3 unspecified atom stereocenters. The van der Waals surface area contributed by atoms with Gasteiger partial charge in [-0.05, 0) is 38.3 Å². The zero-order valence-electron chi connectivity index (χ0n) is 17.7. The van der Waals surface area contributed by atoms with Crippen LogP contribution in [0, 0.1) is 5.92 Å². The van der Waals surface area contributed by atoms with Crippen LogP contribution in [-0.2, 0) is 19.1 Å². The van der Waals surface area contributed by atoms with Gasteiger partial charge in [-0.1, -0.05) is 18.2 Å². The second kappa shape index (κ2) is 8.90. The van der Waals surface area contributed by atoms with Crippen LogP contribution in [0.5, 0.6) is 0 Å². The molecule has 0 radical (unpaired) electrons. The van der Waals surface area contributed by atoms with Crippen molar-refractivity contribution in [2.45, 2.75) is 44.1 Å². The SMILES string of the molecule is CCOC(=O)C1CCN(C(=O)C(C)NC(=O)C2CSC3c4ccccc4C(=O)N23)CC1. The molecule has 1 aromatic carbocycles. The van der Waals surface area contributed by atoms with Crippen molar-refractivity contribution >= 4 is 35.5 Å². The number of hydrogen-bond acceptors (Lipinski definition) is 6. The Hall–Kier alpha value is -2.55. The molecule has 3 amide bonds. The van der Waals surface area contributed by atoms with Crippen LogP contribution >= 0.6 is 11.8 Å². The first-order valence-corrected chi connectivity index (χ1v) is 11.8. The predicted molar refractivity (Wildman–Crippen MR) is 115 cm³/mol. The number of carbonyl (C=O) groups excluding carboxylic acids is 4. The van der Waals surface area contributed by atoms with Gasteiger partial charge in [0, 0.05) is 24.4 Å². The van der Waals surface area contributed by atoms with E-state index in [4.69, 9.17) is 4.74 Å². The molecule has 2 fully saturated rings. The molecule has 166 valence electrons. The van der Waals surface area contributed by atoms with E-state index in [9.17, 15) is 19.2 Å². The Kier molecular flexibility index (Phi) is 6.22. The second-order valence-corrected chi connectivity index (χ2v) is 9.20. The summed E-state index contributed by atoms with van der Waals surface area (Å²) in [6.07, 6.45) is 1.12. The van der Waals surface area contributed by atoms with E-state index in [-0.39, 0.29) is 35.0 Å². The Balaban J connectivity index is 1.33. The predicted octanol–water partition coefficient (Wildman–Crippen LogP) is 1.56. The third-order valence-corrected chi connectivity index (χ3v) is 7.46. The average Bonchev–Trinajstić information content (AvgIpc) is 3.34. The molecule has 3 atom stereocenters. The highest BCUT2D eigenvalue weighted by atomic mass is 32.2. The summed E-state index contributed by atoms with van der Waals surface area (Å²) in [5.41, 5.74) is 1.59. The number of carbonyl (C=O) groups is 4. The normalized spacial score (nSPS) is 23.9. The summed E-state index contributed by atoms with van der Waals surface area (Å²) in [5.74, 6) is -0.495. The molecule has 0 aliphatic carbocycles. The van der Waals surface area contributed by atoms with Gasteiger partial charge in [-0.15, -0.1) is 11.8 Å². The number of nitrogens with one attached hydrogen (secondary N) is 1. The van der Waals surface area contributed by atoms with Crippen molar-refractivity contribution < 1.29 is 23.9 Å². The molecule has 3 heterocycles. The fourth-order valence-electron chi connectivity index (χ4n) is 4.48. The van der Waals surface area contributed by atoms with E-state index in [1.165, 1.54) is 0 Å². The van der Waals surface area contributed by atoms with Gasteiger partial charge >= 0.3 is 5.97 Å². The van der Waals surface area contributed by atoms with Gasteiger partial charge in [-0.25, -0.2) is 0 Å². The van der Waals surface area contributed by atoms with Crippen molar-refractivity contribution in [1.82, 2.24) is 15.1 Å². The average molecular weight is 446 g/mol. The van der Waals surface area contributed by atoms with Gasteiger partial charge in [0.2, 0.25) is 11.8 Å². The van der Waals surface area contributed by atoms with Gasteiger partial charge in [0.25, 0.3) is 5.91 Å². The summed E-state index contributed by atoms with van der Waals surface area (Å²) in [4.78, 5) is 53.8. The maximum Gasteiger partial charge on any atom is 0.309 e. The smallest absolute Gasteiger partial charge is 0.309 e. The van der Waals surface area contributed by atoms with E-state index in [1.54, 1.807) is 41.5 Å². The summed E-state index contributed by atoms with van der Waals surface area (Å²) in [6, 6.07) is 6.14. The van der Waals surface area contributed by atoms with Crippen LogP contribution in [-0.4, -0.2) is 71.0 Å². The van der Waals surface area contributed by atoms with Crippen LogP contribution < -0.4 is 5.32 Å². The largest absolute Gasteiger partial charge is 0.466 e. The number of rotatable bonds is 5. The van der Waals surface area contributed by atoms with Gasteiger partial charge in [-0.3, -0.25) is 19.2 Å². The van der Waals surface area contributed by atoms with E-state index < -0.39 is 12.1 Å². The lowest BCUT2D eigenvalue weighted by Crippen LogP contribution is -2.54. The van der Waals surface area contributed by atoms with E-state index in [0.29, 0.717) is 43.9 Å². The van der Waals surface area contributed by atoms with E-state index in [2.05, 4.69) is 5.32 Å². The maximum atomic E-state index is 12.9. The molecule has 0 aromatic heterocycles. The Labute approximate surface area is 185 Å². The number of amides is 3. The van der Waals surface area contributed by atoms with Gasteiger partial charge in [-0.2, -0.15) is 0 Å². The third-order valence-electron chi connectivity index (χ3n) is 6.15. The van der Waals surface area contributed by atoms with Crippen LogP contribution in [0.25, 0.3) is 0 Å². The Bertz CT molecular complexity index is 899. The second-order valence-electron chi connectivity index (χ2n) is 8.08. The summed E-state index contributed by atoms with van der Waals surface area (Å²) in [5, 5.41) is 2.66. The standard InChI is InChI=1S/C22H27N3O5S/c1-3-30-22(29)14-8-10-24(11-9-14)19(27)13(2)23-18(26)17-12-31-21-16-7-5-4-6-15(16)20(28)25(17)21/h4-7,13-14,17,21H,3,8-12H2,1-2H3,(H,23,26). The first-order valence-electron chi connectivity index (χ1n) is 10.7. The molecular formula is C22H27N3O5S. The van der Waals surface area contributed by atoms with Gasteiger partial charge < -0.3 is 19.9 Å². The number of benzene rings is 1. The number of thioether (sulfide) groups is 1. The first kappa shape index (κ1) is 21.7.